The van der Waals surface area contributed by atoms with Gasteiger partial charge in [0.25, 0.3) is 0 Å². The smallest absolute Gasteiger partial charge is 0.339 e. The van der Waals surface area contributed by atoms with E-state index in [1.807, 2.05) is 0 Å². The summed E-state index contributed by atoms with van der Waals surface area (Å²) >= 11 is 3.18. The number of nitrogens with two attached hydrogens (primary N) is 1. The van der Waals surface area contributed by atoms with Gasteiger partial charge in [0.15, 0.2) is 11.6 Å². The Hall–Kier alpha value is -3.53. The minimum Gasteiger partial charge on any atom is -0.466 e. The number of methoxy groups -OCH3 is 1. The fourth-order valence-electron chi connectivity index (χ4n) is 5.17. The number of ether oxygens (including phenoxy) is 1. The van der Waals surface area contributed by atoms with Gasteiger partial charge in [-0.1, -0.05) is 18.2 Å². The number of hydrogen-bond donors (Lipinski definition) is 2. The number of esters is 1. The van der Waals surface area contributed by atoms with Crippen molar-refractivity contribution in [2.24, 2.45) is 5.73 Å². The van der Waals surface area contributed by atoms with Crippen LogP contribution in [0.2, 0.25) is 0 Å². The Morgan fingerprint density at radius 1 is 1.21 bits per heavy atom. The van der Waals surface area contributed by atoms with Crippen LogP contribution in [-0.4, -0.2) is 24.8 Å². The Labute approximate surface area is 201 Å². The van der Waals surface area contributed by atoms with Crippen molar-refractivity contribution >= 4 is 45.0 Å². The molecule has 2 aromatic carbocycles. The lowest BCUT2D eigenvalue weighted by atomic mass is 9.63. The van der Waals surface area contributed by atoms with Crippen LogP contribution in [0, 0.1) is 11.6 Å². The number of anilines is 2. The average molecular weight is 530 g/mol. The highest BCUT2D eigenvalue weighted by Gasteiger charge is 2.62. The molecule has 0 bridgehead atoms. The number of benzene rings is 2. The molecule has 0 aromatic heterocycles. The van der Waals surface area contributed by atoms with Gasteiger partial charge in [-0.2, -0.15) is 0 Å². The third-order valence-electron chi connectivity index (χ3n) is 6.42. The van der Waals surface area contributed by atoms with Crippen molar-refractivity contribution in [3.8, 4) is 0 Å². The van der Waals surface area contributed by atoms with Gasteiger partial charge in [-0.25, -0.2) is 13.6 Å². The van der Waals surface area contributed by atoms with Crippen molar-refractivity contribution in [2.45, 2.75) is 24.7 Å². The average Bonchev–Trinajstić information content (AvgIpc) is 3.07. The number of hydrogen-bond acceptors (Lipinski definition) is 6. The highest BCUT2D eigenvalue weighted by molar-refractivity contribution is 9.10. The first-order valence-electron chi connectivity index (χ1n) is 10.4. The second-order valence-corrected chi connectivity index (χ2v) is 9.01. The zero-order chi connectivity index (χ0) is 24.4. The summed E-state index contributed by atoms with van der Waals surface area (Å²) in [7, 11) is 1.13. The first kappa shape index (κ1) is 22.3. The van der Waals surface area contributed by atoms with Gasteiger partial charge in [-0.3, -0.25) is 14.5 Å². The molecule has 7 nitrogen and oxygen atoms in total. The Kier molecular flexibility index (Phi) is 5.09. The van der Waals surface area contributed by atoms with E-state index in [2.05, 4.69) is 21.2 Å². The minimum absolute atomic E-state index is 0.0225. The van der Waals surface area contributed by atoms with Crippen molar-refractivity contribution in [1.82, 2.24) is 0 Å². The van der Waals surface area contributed by atoms with Crippen LogP contribution < -0.4 is 16.0 Å². The fraction of sp³-hybridized carbons (Fsp3) is 0.208. The number of rotatable bonds is 2. The summed E-state index contributed by atoms with van der Waals surface area (Å²) < 4.78 is 34.0. The molecule has 2 aliphatic heterocycles. The highest BCUT2D eigenvalue weighted by atomic mass is 79.9. The fourth-order valence-corrected chi connectivity index (χ4v) is 5.75. The molecule has 1 aliphatic carbocycles. The molecule has 0 fully saturated rings. The number of carbonyl (C=O) groups excluding carboxylic acids is 3. The van der Waals surface area contributed by atoms with E-state index in [1.54, 1.807) is 24.3 Å². The second kappa shape index (κ2) is 7.76. The predicted octanol–water partition coefficient (Wildman–Crippen LogP) is 3.79. The van der Waals surface area contributed by atoms with Crippen LogP contribution in [0.1, 0.15) is 24.8 Å². The molecule has 1 atom stereocenters. The quantitative estimate of drug-likeness (QED) is 0.574. The second-order valence-electron chi connectivity index (χ2n) is 8.15. The number of Topliss-reactive ketones (excluding diaryl/α,β-unsaturated/α-hetero) is 1. The van der Waals surface area contributed by atoms with E-state index in [9.17, 15) is 18.8 Å². The summed E-state index contributed by atoms with van der Waals surface area (Å²) in [4.78, 5) is 41.6. The molecule has 174 valence electrons. The Morgan fingerprint density at radius 2 is 1.94 bits per heavy atom. The number of fused-ring (bicyclic) bond motifs is 3. The zero-order valence-electron chi connectivity index (χ0n) is 17.9. The van der Waals surface area contributed by atoms with Crippen LogP contribution in [0.25, 0.3) is 0 Å². The molecule has 2 aromatic rings. The minimum atomic E-state index is -1.86. The number of nitrogens with one attached hydrogen (secondary N) is 1. The zero-order valence-corrected chi connectivity index (χ0v) is 19.5. The lowest BCUT2D eigenvalue weighted by molar-refractivity contribution is -0.138. The van der Waals surface area contributed by atoms with Gasteiger partial charge in [-0.15, -0.1) is 0 Å². The van der Waals surface area contributed by atoms with Gasteiger partial charge < -0.3 is 15.8 Å². The molecular formula is C24H18BrF2N3O4. The molecule has 0 radical (unpaired) electrons. The molecule has 2 heterocycles. The van der Waals surface area contributed by atoms with Crippen LogP contribution in [-0.2, 0) is 24.5 Å². The molecule has 1 amide bonds. The summed E-state index contributed by atoms with van der Waals surface area (Å²) in [6.07, 6.45) is 0.830. The van der Waals surface area contributed by atoms with Gasteiger partial charge >= 0.3 is 5.97 Å². The summed E-state index contributed by atoms with van der Waals surface area (Å²) in [6, 6.07) is 8.42. The van der Waals surface area contributed by atoms with Crippen LogP contribution in [0.3, 0.4) is 0 Å². The van der Waals surface area contributed by atoms with Crippen molar-refractivity contribution in [3.63, 3.8) is 0 Å². The Balaban J connectivity index is 1.94. The monoisotopic (exact) mass is 529 g/mol. The van der Waals surface area contributed by atoms with Gasteiger partial charge in [0.1, 0.15) is 22.6 Å². The lowest BCUT2D eigenvalue weighted by Gasteiger charge is -2.44. The number of para-hydroxylation sites is 1. The van der Waals surface area contributed by atoms with Crippen LogP contribution in [0.15, 0.2) is 63.5 Å². The molecule has 1 unspecified atom stereocenters. The summed E-state index contributed by atoms with van der Waals surface area (Å²) in [5.74, 6) is -4.01. The Morgan fingerprint density at radius 3 is 2.65 bits per heavy atom. The molecule has 5 rings (SSSR count). The van der Waals surface area contributed by atoms with Gasteiger partial charge in [0, 0.05) is 39.5 Å². The number of ketones is 1. The third-order valence-corrected chi connectivity index (χ3v) is 7.02. The van der Waals surface area contributed by atoms with Crippen molar-refractivity contribution in [1.29, 1.82) is 0 Å². The van der Waals surface area contributed by atoms with E-state index < -0.39 is 28.9 Å². The molecule has 34 heavy (non-hydrogen) atoms. The molecular weight excluding hydrogens is 512 g/mol. The maximum atomic E-state index is 15.1. The molecule has 0 saturated carbocycles. The van der Waals surface area contributed by atoms with E-state index >= 15 is 4.39 Å². The predicted molar refractivity (Wildman–Crippen MR) is 122 cm³/mol. The maximum Gasteiger partial charge on any atom is 0.339 e. The van der Waals surface area contributed by atoms with E-state index in [-0.39, 0.29) is 51.4 Å². The topological polar surface area (TPSA) is 102 Å². The first-order valence-corrected chi connectivity index (χ1v) is 11.2. The van der Waals surface area contributed by atoms with Crippen molar-refractivity contribution in [3.05, 3.63) is 80.7 Å². The number of nitrogens with zero attached hydrogens (tertiary/aromatic N) is 1. The van der Waals surface area contributed by atoms with E-state index in [1.165, 1.54) is 4.90 Å². The lowest BCUT2D eigenvalue weighted by Crippen LogP contribution is -2.53. The van der Waals surface area contributed by atoms with Crippen molar-refractivity contribution < 1.29 is 27.9 Å². The highest BCUT2D eigenvalue weighted by Crippen LogP contribution is 2.56. The Bertz CT molecular complexity index is 1350. The van der Waals surface area contributed by atoms with E-state index in [0.717, 1.165) is 13.2 Å². The summed E-state index contributed by atoms with van der Waals surface area (Å²) in [5, 5.41) is 2.75. The van der Waals surface area contributed by atoms with Crippen LogP contribution >= 0.6 is 15.9 Å². The number of carbonyl (C=O) groups is 3. The van der Waals surface area contributed by atoms with Crippen LogP contribution in [0.4, 0.5) is 20.2 Å². The molecule has 3 N–H and O–H groups in total. The summed E-state index contributed by atoms with van der Waals surface area (Å²) in [5.41, 5.74) is 5.31. The van der Waals surface area contributed by atoms with Gasteiger partial charge in [0.05, 0.1) is 12.8 Å². The third kappa shape index (κ3) is 2.81. The number of amides is 1. The van der Waals surface area contributed by atoms with E-state index in [4.69, 9.17) is 10.5 Å². The maximum absolute atomic E-state index is 15.1. The largest absolute Gasteiger partial charge is 0.466 e. The standard InChI is InChI=1S/C24H18BrF2N3O4/c1-34-22(32)19-21(28)30(20-13(25)9-11(26)10-14(20)27)16-7-4-8-17(31)18(16)24(19)12-5-2-3-6-15(12)29-23(24)33/h2-3,5-6,9-10H,4,7-8,28H2,1H3,(H,29,33). The van der Waals surface area contributed by atoms with Crippen molar-refractivity contribution in [2.75, 3.05) is 17.3 Å². The molecule has 10 heteroatoms. The van der Waals surface area contributed by atoms with Crippen LogP contribution in [0.5, 0.6) is 0 Å². The molecule has 0 saturated heterocycles. The number of halogens is 3. The van der Waals surface area contributed by atoms with E-state index in [0.29, 0.717) is 23.7 Å². The molecule has 1 spiro atoms. The molecule has 3 aliphatic rings. The van der Waals surface area contributed by atoms with Gasteiger partial charge in [-0.05, 0) is 40.9 Å². The van der Waals surface area contributed by atoms with Gasteiger partial charge in [0.2, 0.25) is 5.91 Å². The SMILES string of the molecule is COC(=O)C1=C(N)N(c2c(F)cc(F)cc2Br)C2=C(C(=O)CCC2)C12C(=O)Nc1ccccc12. The summed E-state index contributed by atoms with van der Waals surface area (Å²) in [6.45, 7) is 0. The number of allylic oxidation sites excluding steroid dienone is 1. The normalized spacial score (nSPS) is 21.6. The first-order chi connectivity index (χ1) is 16.2.